The molecule has 3 heterocycles. The van der Waals surface area contributed by atoms with Gasteiger partial charge in [0.15, 0.2) is 4.80 Å². The lowest BCUT2D eigenvalue weighted by Gasteiger charge is -2.24. The number of aryl methyl sites for hydroxylation is 2. The van der Waals surface area contributed by atoms with Crippen LogP contribution in [0.5, 0.6) is 0 Å². The van der Waals surface area contributed by atoms with Crippen molar-refractivity contribution >= 4 is 46.0 Å². The number of hydrogen-bond donors (Lipinski definition) is 0. The molecule has 10 heteroatoms. The van der Waals surface area contributed by atoms with Crippen molar-refractivity contribution in [1.82, 2.24) is 13.7 Å². The summed E-state index contributed by atoms with van der Waals surface area (Å²) < 4.78 is 10.5. The number of esters is 1. The lowest BCUT2D eigenvalue weighted by molar-refractivity contribution is -0.139. The standard InChI is InChI=1S/C26H23ClN4O4S/c1-5-35-24(33)21-14(2)28-25-31(22(21)16-7-9-17(27)10-8-16)23(32)20(36-25)13-15-6-11-18-19(12-15)30(4)26(34)29(18)3/h6-13,22H,5H2,1-4H3/b20-13+/t22-/m0/s1. The molecule has 184 valence electrons. The first kappa shape index (κ1) is 24.0. The number of aromatic nitrogens is 3. The van der Waals surface area contributed by atoms with E-state index < -0.39 is 12.0 Å². The van der Waals surface area contributed by atoms with Gasteiger partial charge in [-0.3, -0.25) is 18.5 Å². The first-order valence-electron chi connectivity index (χ1n) is 11.3. The van der Waals surface area contributed by atoms with E-state index in [0.717, 1.165) is 22.2 Å². The summed E-state index contributed by atoms with van der Waals surface area (Å²) in [6.45, 7) is 3.69. The number of allylic oxidation sites excluding steroid dienone is 1. The molecule has 0 bridgehead atoms. The number of hydrogen-bond acceptors (Lipinski definition) is 6. The number of thiazole rings is 1. The predicted octanol–water partition coefficient (Wildman–Crippen LogP) is 2.64. The topological polar surface area (TPSA) is 87.6 Å². The molecule has 1 atom stereocenters. The lowest BCUT2D eigenvalue weighted by Crippen LogP contribution is -2.39. The van der Waals surface area contributed by atoms with E-state index in [1.807, 2.05) is 18.2 Å². The van der Waals surface area contributed by atoms with E-state index in [1.165, 1.54) is 15.9 Å². The molecule has 2 aromatic heterocycles. The summed E-state index contributed by atoms with van der Waals surface area (Å²) in [5.74, 6) is -0.511. The van der Waals surface area contributed by atoms with Crippen molar-refractivity contribution < 1.29 is 9.53 Å². The number of halogens is 1. The van der Waals surface area contributed by atoms with Gasteiger partial charge in [-0.05, 0) is 55.3 Å². The van der Waals surface area contributed by atoms with Gasteiger partial charge in [0, 0.05) is 19.1 Å². The molecule has 2 aromatic carbocycles. The molecule has 4 aromatic rings. The summed E-state index contributed by atoms with van der Waals surface area (Å²) in [6.07, 6.45) is 1.78. The molecular weight excluding hydrogens is 500 g/mol. The molecular formula is C26H23ClN4O4S. The second-order valence-electron chi connectivity index (χ2n) is 8.50. The smallest absolute Gasteiger partial charge is 0.338 e. The maximum absolute atomic E-state index is 13.7. The second kappa shape index (κ2) is 9.07. The molecule has 0 saturated carbocycles. The predicted molar refractivity (Wildman–Crippen MR) is 140 cm³/mol. The van der Waals surface area contributed by atoms with Gasteiger partial charge in [0.25, 0.3) is 5.56 Å². The van der Waals surface area contributed by atoms with E-state index >= 15 is 0 Å². The van der Waals surface area contributed by atoms with Gasteiger partial charge in [-0.2, -0.15) is 0 Å². The van der Waals surface area contributed by atoms with Gasteiger partial charge in [0.2, 0.25) is 0 Å². The summed E-state index contributed by atoms with van der Waals surface area (Å²) in [5.41, 5.74) is 3.51. The summed E-state index contributed by atoms with van der Waals surface area (Å²) in [7, 11) is 3.44. The van der Waals surface area contributed by atoms with Crippen LogP contribution in [0, 0.1) is 0 Å². The van der Waals surface area contributed by atoms with Gasteiger partial charge in [-0.15, -0.1) is 0 Å². The third-order valence-electron chi connectivity index (χ3n) is 6.30. The zero-order valence-corrected chi connectivity index (χ0v) is 21.7. The van der Waals surface area contributed by atoms with Crippen molar-refractivity contribution in [2.24, 2.45) is 19.1 Å². The van der Waals surface area contributed by atoms with Crippen molar-refractivity contribution in [2.75, 3.05) is 6.61 Å². The lowest BCUT2D eigenvalue weighted by atomic mass is 9.96. The van der Waals surface area contributed by atoms with E-state index in [0.29, 0.717) is 25.6 Å². The van der Waals surface area contributed by atoms with Gasteiger partial charge in [-0.25, -0.2) is 14.6 Å². The number of rotatable bonds is 4. The molecule has 8 nitrogen and oxygen atoms in total. The van der Waals surface area contributed by atoms with Crippen LogP contribution in [-0.4, -0.2) is 26.3 Å². The maximum atomic E-state index is 13.7. The normalized spacial score (nSPS) is 15.8. The number of ether oxygens (including phenoxy) is 1. The molecule has 0 spiro atoms. The fraction of sp³-hybridized carbons (Fsp3) is 0.231. The van der Waals surface area contributed by atoms with Crippen molar-refractivity contribution in [3.8, 4) is 0 Å². The third-order valence-corrected chi connectivity index (χ3v) is 7.53. The maximum Gasteiger partial charge on any atom is 0.338 e. The zero-order valence-electron chi connectivity index (χ0n) is 20.1. The van der Waals surface area contributed by atoms with Crippen LogP contribution in [0.1, 0.15) is 31.0 Å². The highest BCUT2D eigenvalue weighted by Crippen LogP contribution is 2.31. The Balaban J connectivity index is 1.72. The van der Waals surface area contributed by atoms with Crippen LogP contribution >= 0.6 is 22.9 Å². The van der Waals surface area contributed by atoms with Crippen molar-refractivity contribution in [2.45, 2.75) is 19.9 Å². The van der Waals surface area contributed by atoms with Crippen molar-refractivity contribution in [3.63, 3.8) is 0 Å². The Morgan fingerprint density at radius 2 is 1.81 bits per heavy atom. The van der Waals surface area contributed by atoms with Crippen LogP contribution in [0.3, 0.4) is 0 Å². The summed E-state index contributed by atoms with van der Waals surface area (Å²) in [6, 6.07) is 12.0. The number of imidazole rings is 1. The van der Waals surface area contributed by atoms with Crippen LogP contribution in [0.25, 0.3) is 17.1 Å². The van der Waals surface area contributed by atoms with Gasteiger partial charge in [0.1, 0.15) is 0 Å². The van der Waals surface area contributed by atoms with Crippen molar-refractivity contribution in [3.05, 3.63) is 100 Å². The molecule has 0 fully saturated rings. The molecule has 0 radical (unpaired) electrons. The number of benzene rings is 2. The highest BCUT2D eigenvalue weighted by Gasteiger charge is 2.33. The Hall–Kier alpha value is -3.69. The largest absolute Gasteiger partial charge is 0.463 e. The van der Waals surface area contributed by atoms with E-state index in [4.69, 9.17) is 16.3 Å². The van der Waals surface area contributed by atoms with Crippen LogP contribution < -0.4 is 20.6 Å². The minimum Gasteiger partial charge on any atom is -0.463 e. The number of nitrogens with zero attached hydrogens (tertiary/aromatic N) is 4. The zero-order chi connectivity index (χ0) is 25.7. The minimum atomic E-state index is -0.697. The molecule has 0 aliphatic carbocycles. The third kappa shape index (κ3) is 3.84. The first-order chi connectivity index (χ1) is 17.2. The summed E-state index contributed by atoms with van der Waals surface area (Å²) in [4.78, 5) is 44.0. The Morgan fingerprint density at radius 1 is 1.11 bits per heavy atom. The SMILES string of the molecule is CCOC(=O)C1=C(C)N=c2s/c(=C/c3ccc4c(c3)n(C)c(=O)n4C)c(=O)n2[C@H]1c1ccc(Cl)cc1. The second-order valence-corrected chi connectivity index (χ2v) is 9.95. The fourth-order valence-electron chi connectivity index (χ4n) is 4.52. The first-order valence-corrected chi connectivity index (χ1v) is 12.5. The molecule has 0 unspecified atom stereocenters. The van der Waals surface area contributed by atoms with Crippen molar-refractivity contribution in [1.29, 1.82) is 0 Å². The average Bonchev–Trinajstić information content (AvgIpc) is 3.27. The van der Waals surface area contributed by atoms with Gasteiger partial charge < -0.3 is 4.74 Å². The van der Waals surface area contributed by atoms with Gasteiger partial charge in [0.05, 0.1) is 39.5 Å². The molecule has 5 rings (SSSR count). The molecule has 36 heavy (non-hydrogen) atoms. The molecule has 0 saturated heterocycles. The van der Waals surface area contributed by atoms with E-state index in [9.17, 15) is 14.4 Å². The number of carbonyl (C=O) groups excluding carboxylic acids is 1. The van der Waals surface area contributed by atoms with Crippen LogP contribution in [0.2, 0.25) is 5.02 Å². The number of fused-ring (bicyclic) bond motifs is 2. The Labute approximate surface area is 214 Å². The highest BCUT2D eigenvalue weighted by molar-refractivity contribution is 7.07. The Kier molecular flexibility index (Phi) is 6.05. The quantitative estimate of drug-likeness (QED) is 0.385. The van der Waals surface area contributed by atoms with Gasteiger partial charge in [-0.1, -0.05) is 41.1 Å². The monoisotopic (exact) mass is 522 g/mol. The molecule has 1 aliphatic heterocycles. The minimum absolute atomic E-state index is 0.119. The summed E-state index contributed by atoms with van der Waals surface area (Å²) in [5, 5.41) is 0.551. The van der Waals surface area contributed by atoms with Gasteiger partial charge >= 0.3 is 11.7 Å². The average molecular weight is 523 g/mol. The summed E-state index contributed by atoms with van der Waals surface area (Å²) >= 11 is 7.35. The fourth-order valence-corrected chi connectivity index (χ4v) is 5.69. The van der Waals surface area contributed by atoms with E-state index in [2.05, 4.69) is 4.99 Å². The molecule has 1 aliphatic rings. The highest BCUT2D eigenvalue weighted by atomic mass is 35.5. The molecule has 0 N–H and O–H groups in total. The van der Waals surface area contributed by atoms with Crippen LogP contribution in [-0.2, 0) is 23.6 Å². The Bertz CT molecular complexity index is 1810. The van der Waals surface area contributed by atoms with E-state index in [1.54, 1.807) is 67.4 Å². The van der Waals surface area contributed by atoms with Crippen LogP contribution in [0.15, 0.2) is 68.3 Å². The number of carbonyl (C=O) groups is 1. The molecule has 0 amide bonds. The Morgan fingerprint density at radius 3 is 2.50 bits per heavy atom. The van der Waals surface area contributed by atoms with Crippen LogP contribution in [0.4, 0.5) is 0 Å². The van der Waals surface area contributed by atoms with E-state index in [-0.39, 0.29) is 17.9 Å².